The van der Waals surface area contributed by atoms with E-state index in [0.717, 1.165) is 11.3 Å². The first-order valence-corrected chi connectivity index (χ1v) is 5.92. The van der Waals surface area contributed by atoms with E-state index >= 15 is 0 Å². The Morgan fingerprint density at radius 1 is 1.18 bits per heavy atom. The van der Waals surface area contributed by atoms with Crippen molar-refractivity contribution in [3.8, 4) is 0 Å². The standard InChI is InChI=1S/C13H14ClN3/c1-10-5-3-4-6-12(10)17(2)13-15-8-11(7-14)9-16-13/h3-6,8-9H,7H2,1-2H3. The van der Waals surface area contributed by atoms with Gasteiger partial charge in [0.2, 0.25) is 5.95 Å². The van der Waals surface area contributed by atoms with Crippen molar-refractivity contribution in [3.05, 3.63) is 47.8 Å². The lowest BCUT2D eigenvalue weighted by molar-refractivity contribution is 1.02. The van der Waals surface area contributed by atoms with Gasteiger partial charge in [0.25, 0.3) is 0 Å². The number of benzene rings is 1. The summed E-state index contributed by atoms with van der Waals surface area (Å²) in [6, 6.07) is 8.14. The van der Waals surface area contributed by atoms with Crippen molar-refractivity contribution in [2.24, 2.45) is 0 Å². The first kappa shape index (κ1) is 11.9. The molecule has 0 N–H and O–H groups in total. The molecule has 4 heteroatoms. The zero-order valence-electron chi connectivity index (χ0n) is 9.89. The maximum atomic E-state index is 5.71. The first-order valence-electron chi connectivity index (χ1n) is 5.38. The van der Waals surface area contributed by atoms with E-state index in [1.165, 1.54) is 5.56 Å². The first-order chi connectivity index (χ1) is 8.22. The lowest BCUT2D eigenvalue weighted by atomic mass is 10.2. The quantitative estimate of drug-likeness (QED) is 0.780. The second kappa shape index (κ2) is 5.15. The molecule has 0 atom stereocenters. The summed E-state index contributed by atoms with van der Waals surface area (Å²) in [7, 11) is 1.96. The zero-order chi connectivity index (χ0) is 12.3. The van der Waals surface area contributed by atoms with Crippen molar-refractivity contribution in [3.63, 3.8) is 0 Å². The molecule has 1 aromatic heterocycles. The van der Waals surface area contributed by atoms with E-state index in [0.29, 0.717) is 11.8 Å². The monoisotopic (exact) mass is 247 g/mol. The number of alkyl halides is 1. The van der Waals surface area contributed by atoms with Gasteiger partial charge in [0.1, 0.15) is 0 Å². The molecule has 2 aromatic rings. The van der Waals surface area contributed by atoms with E-state index in [4.69, 9.17) is 11.6 Å². The fourth-order valence-corrected chi connectivity index (χ4v) is 1.78. The number of aromatic nitrogens is 2. The molecule has 0 amide bonds. The predicted molar refractivity (Wildman–Crippen MR) is 70.8 cm³/mol. The maximum Gasteiger partial charge on any atom is 0.229 e. The van der Waals surface area contributed by atoms with Crippen LogP contribution in [0.3, 0.4) is 0 Å². The summed E-state index contributed by atoms with van der Waals surface area (Å²) in [6.45, 7) is 2.07. The van der Waals surface area contributed by atoms with Gasteiger partial charge in [0, 0.05) is 30.7 Å². The topological polar surface area (TPSA) is 29.0 Å². The number of hydrogen-bond donors (Lipinski definition) is 0. The number of nitrogens with zero attached hydrogens (tertiary/aromatic N) is 3. The molecular formula is C13H14ClN3. The van der Waals surface area contributed by atoms with Gasteiger partial charge in [-0.05, 0) is 18.6 Å². The van der Waals surface area contributed by atoms with Crippen LogP contribution in [0.5, 0.6) is 0 Å². The van der Waals surface area contributed by atoms with Gasteiger partial charge in [-0.25, -0.2) is 9.97 Å². The van der Waals surface area contributed by atoms with Crippen molar-refractivity contribution in [1.29, 1.82) is 0 Å². The van der Waals surface area contributed by atoms with Gasteiger partial charge in [-0.1, -0.05) is 18.2 Å². The molecular weight excluding hydrogens is 234 g/mol. The smallest absolute Gasteiger partial charge is 0.229 e. The summed E-state index contributed by atoms with van der Waals surface area (Å²) in [5, 5.41) is 0. The fraction of sp³-hybridized carbons (Fsp3) is 0.231. The van der Waals surface area contributed by atoms with Gasteiger partial charge in [-0.2, -0.15) is 0 Å². The highest BCUT2D eigenvalue weighted by molar-refractivity contribution is 6.17. The van der Waals surface area contributed by atoms with Crippen LogP contribution in [0.1, 0.15) is 11.1 Å². The largest absolute Gasteiger partial charge is 0.313 e. The predicted octanol–water partition coefficient (Wildman–Crippen LogP) is 3.29. The molecule has 0 aliphatic carbocycles. The Morgan fingerprint density at radius 2 is 1.82 bits per heavy atom. The molecule has 1 heterocycles. The molecule has 1 aromatic carbocycles. The molecule has 0 fully saturated rings. The summed E-state index contributed by atoms with van der Waals surface area (Å²) in [6.07, 6.45) is 3.51. The molecule has 0 aliphatic heterocycles. The number of para-hydroxylation sites is 1. The lowest BCUT2D eigenvalue weighted by Crippen LogP contribution is -2.14. The third kappa shape index (κ3) is 2.56. The summed E-state index contributed by atoms with van der Waals surface area (Å²) < 4.78 is 0. The third-order valence-electron chi connectivity index (χ3n) is 2.62. The maximum absolute atomic E-state index is 5.71. The average molecular weight is 248 g/mol. The van der Waals surface area contributed by atoms with Crippen LogP contribution in [0.15, 0.2) is 36.7 Å². The molecule has 2 rings (SSSR count). The minimum atomic E-state index is 0.439. The second-order valence-electron chi connectivity index (χ2n) is 3.87. The van der Waals surface area contributed by atoms with Crippen molar-refractivity contribution in [2.45, 2.75) is 12.8 Å². The van der Waals surface area contributed by atoms with E-state index < -0.39 is 0 Å². The number of hydrogen-bond acceptors (Lipinski definition) is 3. The van der Waals surface area contributed by atoms with Crippen molar-refractivity contribution in [2.75, 3.05) is 11.9 Å². The van der Waals surface area contributed by atoms with Gasteiger partial charge in [-0.15, -0.1) is 11.6 Å². The van der Waals surface area contributed by atoms with Gasteiger partial charge in [-0.3, -0.25) is 0 Å². The van der Waals surface area contributed by atoms with E-state index in [1.54, 1.807) is 12.4 Å². The van der Waals surface area contributed by atoms with Crippen molar-refractivity contribution in [1.82, 2.24) is 9.97 Å². The SMILES string of the molecule is Cc1ccccc1N(C)c1ncc(CCl)cn1. The Balaban J connectivity index is 2.30. The highest BCUT2D eigenvalue weighted by Crippen LogP contribution is 2.23. The molecule has 0 spiro atoms. The summed E-state index contributed by atoms with van der Waals surface area (Å²) in [4.78, 5) is 10.6. The van der Waals surface area contributed by atoms with Crippen LogP contribution in [-0.2, 0) is 5.88 Å². The van der Waals surface area contributed by atoms with Crippen LogP contribution < -0.4 is 4.90 Å². The Kier molecular flexibility index (Phi) is 3.59. The number of aryl methyl sites for hydroxylation is 1. The average Bonchev–Trinajstić information content (AvgIpc) is 2.39. The summed E-state index contributed by atoms with van der Waals surface area (Å²) in [5.41, 5.74) is 3.22. The van der Waals surface area contributed by atoms with Crippen molar-refractivity contribution >= 4 is 23.2 Å². The molecule has 0 saturated carbocycles. The summed E-state index contributed by atoms with van der Waals surface area (Å²) in [5.74, 6) is 1.11. The van der Waals surface area contributed by atoms with Crippen LogP contribution in [0.25, 0.3) is 0 Å². The van der Waals surface area contributed by atoms with Crippen LogP contribution in [-0.4, -0.2) is 17.0 Å². The lowest BCUT2D eigenvalue weighted by Gasteiger charge is -2.19. The molecule has 3 nitrogen and oxygen atoms in total. The van der Waals surface area contributed by atoms with E-state index in [2.05, 4.69) is 23.0 Å². The van der Waals surface area contributed by atoms with Crippen LogP contribution in [0, 0.1) is 6.92 Å². The Labute approximate surface area is 106 Å². The van der Waals surface area contributed by atoms with Gasteiger partial charge in [0.05, 0.1) is 5.88 Å². The van der Waals surface area contributed by atoms with Gasteiger partial charge >= 0.3 is 0 Å². The third-order valence-corrected chi connectivity index (χ3v) is 2.93. The van der Waals surface area contributed by atoms with E-state index in [-0.39, 0.29) is 0 Å². The molecule has 0 unspecified atom stereocenters. The Bertz CT molecular complexity index is 496. The minimum absolute atomic E-state index is 0.439. The Morgan fingerprint density at radius 3 is 2.41 bits per heavy atom. The molecule has 0 aliphatic rings. The molecule has 0 radical (unpaired) electrons. The van der Waals surface area contributed by atoms with Crippen LogP contribution >= 0.6 is 11.6 Å². The van der Waals surface area contributed by atoms with Crippen molar-refractivity contribution < 1.29 is 0 Å². The fourth-order valence-electron chi connectivity index (χ4n) is 1.64. The van der Waals surface area contributed by atoms with E-state index in [1.807, 2.05) is 30.1 Å². The van der Waals surface area contributed by atoms with Gasteiger partial charge in [0.15, 0.2) is 0 Å². The number of halogens is 1. The molecule has 17 heavy (non-hydrogen) atoms. The van der Waals surface area contributed by atoms with Crippen LogP contribution in [0.4, 0.5) is 11.6 Å². The normalized spacial score (nSPS) is 10.3. The second-order valence-corrected chi connectivity index (χ2v) is 4.14. The highest BCUT2D eigenvalue weighted by atomic mass is 35.5. The number of anilines is 2. The molecule has 88 valence electrons. The molecule has 0 bridgehead atoms. The van der Waals surface area contributed by atoms with E-state index in [9.17, 15) is 0 Å². The molecule has 0 saturated heterocycles. The van der Waals surface area contributed by atoms with Gasteiger partial charge < -0.3 is 4.90 Å². The minimum Gasteiger partial charge on any atom is -0.313 e. The Hall–Kier alpha value is -1.61. The zero-order valence-corrected chi connectivity index (χ0v) is 10.6. The summed E-state index contributed by atoms with van der Waals surface area (Å²) >= 11 is 5.71. The highest BCUT2D eigenvalue weighted by Gasteiger charge is 2.08. The number of rotatable bonds is 3. The van der Waals surface area contributed by atoms with Crippen LogP contribution in [0.2, 0.25) is 0 Å².